The monoisotopic (exact) mass is 391 g/mol. The minimum absolute atomic E-state index is 0.0497. The molecule has 1 saturated carbocycles. The van der Waals surface area contributed by atoms with Crippen LogP contribution in [0.3, 0.4) is 0 Å². The number of fused-ring (bicyclic) bond motifs is 6. The topological polar surface area (TPSA) is 54.9 Å². The molecule has 26 heavy (non-hydrogen) atoms. The Morgan fingerprint density at radius 1 is 1.04 bits per heavy atom. The lowest BCUT2D eigenvalue weighted by Gasteiger charge is -2.39. The molecular weight excluding hydrogens is 369 g/mol. The maximum atomic E-state index is 13.4. The first-order valence-electron chi connectivity index (χ1n) is 9.03. The van der Waals surface area contributed by atoms with Gasteiger partial charge in [0.2, 0.25) is 5.91 Å². The van der Waals surface area contributed by atoms with Crippen LogP contribution >= 0.6 is 23.2 Å². The average Bonchev–Trinajstić information content (AvgIpc) is 2.83. The van der Waals surface area contributed by atoms with Gasteiger partial charge in [-0.1, -0.05) is 44.0 Å². The van der Waals surface area contributed by atoms with Crippen molar-refractivity contribution in [1.82, 2.24) is 15.3 Å². The molecule has 2 aliphatic carbocycles. The summed E-state index contributed by atoms with van der Waals surface area (Å²) in [6.07, 6.45) is 1.70. The summed E-state index contributed by atoms with van der Waals surface area (Å²) in [6, 6.07) is 3.57. The Bertz CT molecular complexity index is 956. The summed E-state index contributed by atoms with van der Waals surface area (Å²) in [5.41, 5.74) is 1.98. The molecule has 0 saturated heterocycles. The third kappa shape index (κ3) is 1.95. The van der Waals surface area contributed by atoms with Crippen LogP contribution in [0, 0.1) is 5.41 Å². The van der Waals surface area contributed by atoms with Crippen molar-refractivity contribution in [3.63, 3.8) is 0 Å². The molecule has 1 aromatic heterocycles. The normalized spacial score (nSPS) is 28.6. The van der Waals surface area contributed by atoms with Crippen LogP contribution in [0.1, 0.15) is 58.8 Å². The van der Waals surface area contributed by atoms with E-state index in [1.165, 1.54) is 0 Å². The fourth-order valence-electron chi connectivity index (χ4n) is 4.99. The highest BCUT2D eigenvalue weighted by Gasteiger charge is 2.73. The Labute approximate surface area is 163 Å². The Morgan fingerprint density at radius 3 is 2.12 bits per heavy atom. The van der Waals surface area contributed by atoms with E-state index >= 15 is 0 Å². The number of halogens is 2. The number of aromatic nitrogens is 2. The maximum Gasteiger partial charge on any atom is 0.233 e. The number of carbonyl (C=O) groups is 1. The van der Waals surface area contributed by atoms with Crippen LogP contribution in [0.2, 0.25) is 10.0 Å². The van der Waals surface area contributed by atoms with Gasteiger partial charge in [0.15, 0.2) is 0 Å². The lowest BCUT2D eigenvalue weighted by molar-refractivity contribution is -0.131. The van der Waals surface area contributed by atoms with Gasteiger partial charge in [0.25, 0.3) is 0 Å². The van der Waals surface area contributed by atoms with Crippen molar-refractivity contribution < 1.29 is 4.79 Å². The lowest BCUT2D eigenvalue weighted by Crippen LogP contribution is -2.52. The molecule has 138 valence electrons. The van der Waals surface area contributed by atoms with E-state index < -0.39 is 5.41 Å². The molecule has 1 N–H and O–H groups in total. The summed E-state index contributed by atoms with van der Waals surface area (Å²) in [5.74, 6) is 0.0497. The number of amides is 1. The van der Waals surface area contributed by atoms with Gasteiger partial charge in [-0.15, -0.1) is 0 Å². The van der Waals surface area contributed by atoms with Crippen LogP contribution < -0.4 is 5.32 Å². The van der Waals surface area contributed by atoms with E-state index in [1.54, 1.807) is 12.1 Å². The van der Waals surface area contributed by atoms with Gasteiger partial charge in [0.1, 0.15) is 0 Å². The average molecular weight is 392 g/mol. The highest BCUT2D eigenvalue weighted by atomic mass is 35.5. The Hall–Kier alpha value is -1.39. The molecule has 0 spiro atoms. The van der Waals surface area contributed by atoms with Crippen LogP contribution in [0.4, 0.5) is 0 Å². The van der Waals surface area contributed by atoms with Gasteiger partial charge in [-0.2, -0.15) is 0 Å². The summed E-state index contributed by atoms with van der Waals surface area (Å²) in [4.78, 5) is 23.2. The van der Waals surface area contributed by atoms with Gasteiger partial charge >= 0.3 is 0 Å². The van der Waals surface area contributed by atoms with E-state index in [1.807, 2.05) is 13.8 Å². The number of nitrogens with one attached hydrogen (secondary N) is 1. The SMILES string of the molecule is CC(C)NC(=O)C12CCC(C)(c3nc4cc(Cl)c(Cl)cc4nc31)C2(C)C. The molecule has 2 unspecified atom stereocenters. The predicted octanol–water partition coefficient (Wildman–Crippen LogP) is 4.79. The first kappa shape index (κ1) is 18.0. The Kier molecular flexibility index (Phi) is 3.69. The summed E-state index contributed by atoms with van der Waals surface area (Å²) < 4.78 is 0. The van der Waals surface area contributed by atoms with E-state index in [0.717, 1.165) is 29.7 Å². The third-order valence-electron chi connectivity index (χ3n) is 6.89. The van der Waals surface area contributed by atoms with E-state index in [2.05, 4.69) is 26.1 Å². The summed E-state index contributed by atoms with van der Waals surface area (Å²) in [7, 11) is 0. The number of hydrogen-bond acceptors (Lipinski definition) is 3. The van der Waals surface area contributed by atoms with Crippen LogP contribution in [0.25, 0.3) is 11.0 Å². The van der Waals surface area contributed by atoms with Crippen molar-refractivity contribution in [2.75, 3.05) is 0 Å². The van der Waals surface area contributed by atoms with Crippen molar-refractivity contribution in [2.24, 2.45) is 5.41 Å². The molecule has 2 aliphatic rings. The van der Waals surface area contributed by atoms with E-state index in [-0.39, 0.29) is 22.8 Å². The van der Waals surface area contributed by atoms with Crippen molar-refractivity contribution in [2.45, 2.75) is 64.3 Å². The van der Waals surface area contributed by atoms with Crippen LogP contribution in [0.15, 0.2) is 12.1 Å². The summed E-state index contributed by atoms with van der Waals surface area (Å²) in [6.45, 7) is 10.5. The van der Waals surface area contributed by atoms with Gasteiger partial charge in [-0.3, -0.25) is 4.79 Å². The van der Waals surface area contributed by atoms with Crippen molar-refractivity contribution >= 4 is 40.1 Å². The van der Waals surface area contributed by atoms with Gasteiger partial charge < -0.3 is 5.32 Å². The van der Waals surface area contributed by atoms with Gasteiger partial charge in [0, 0.05) is 11.5 Å². The Balaban J connectivity index is 2.03. The van der Waals surface area contributed by atoms with E-state index in [9.17, 15) is 4.79 Å². The lowest BCUT2D eigenvalue weighted by atomic mass is 9.63. The molecule has 1 fully saturated rings. The molecule has 4 nitrogen and oxygen atoms in total. The molecule has 4 rings (SSSR count). The fraction of sp³-hybridized carbons (Fsp3) is 0.550. The highest BCUT2D eigenvalue weighted by molar-refractivity contribution is 6.42. The molecule has 1 amide bonds. The molecule has 1 heterocycles. The summed E-state index contributed by atoms with van der Waals surface area (Å²) in [5, 5.41) is 4.04. The zero-order chi connectivity index (χ0) is 19.1. The number of nitrogens with zero attached hydrogens (tertiary/aromatic N) is 2. The van der Waals surface area contributed by atoms with Crippen LogP contribution in [-0.2, 0) is 15.6 Å². The first-order chi connectivity index (χ1) is 12.0. The molecule has 2 atom stereocenters. The summed E-state index contributed by atoms with van der Waals surface area (Å²) >= 11 is 12.4. The second-order valence-corrected chi connectivity index (χ2v) is 9.48. The first-order valence-corrected chi connectivity index (χ1v) is 9.79. The van der Waals surface area contributed by atoms with Crippen LogP contribution in [0.5, 0.6) is 0 Å². The molecule has 1 aromatic carbocycles. The largest absolute Gasteiger partial charge is 0.353 e. The molecule has 0 radical (unpaired) electrons. The third-order valence-corrected chi connectivity index (χ3v) is 7.61. The number of carbonyl (C=O) groups excluding carboxylic acids is 1. The predicted molar refractivity (Wildman–Crippen MR) is 105 cm³/mol. The highest BCUT2D eigenvalue weighted by Crippen LogP contribution is 2.70. The second kappa shape index (κ2) is 5.32. The molecular formula is C20H23Cl2N3O. The molecule has 0 aliphatic heterocycles. The van der Waals surface area contributed by atoms with E-state index in [4.69, 9.17) is 33.2 Å². The fourth-order valence-corrected chi connectivity index (χ4v) is 5.30. The van der Waals surface area contributed by atoms with Crippen molar-refractivity contribution in [3.8, 4) is 0 Å². The zero-order valence-electron chi connectivity index (χ0n) is 15.7. The second-order valence-electron chi connectivity index (χ2n) is 8.67. The Morgan fingerprint density at radius 2 is 1.58 bits per heavy atom. The molecule has 6 heteroatoms. The van der Waals surface area contributed by atoms with Crippen molar-refractivity contribution in [1.29, 1.82) is 0 Å². The maximum absolute atomic E-state index is 13.4. The minimum atomic E-state index is -0.672. The smallest absolute Gasteiger partial charge is 0.233 e. The molecule has 2 bridgehead atoms. The minimum Gasteiger partial charge on any atom is -0.353 e. The number of hydrogen-bond donors (Lipinski definition) is 1. The van der Waals surface area contributed by atoms with Gasteiger partial charge in [0.05, 0.1) is 37.9 Å². The standard InChI is InChI=1S/C20H23Cl2N3O/c1-10(2)23-17(26)20-7-6-19(5,18(20,3)4)15-16(20)25-14-9-12(22)11(21)8-13(14)24-15/h8-10H,6-7H2,1-5H3,(H,23,26). The zero-order valence-corrected chi connectivity index (χ0v) is 17.2. The number of benzene rings is 1. The van der Waals surface area contributed by atoms with Gasteiger partial charge in [-0.05, 0) is 44.2 Å². The molecule has 2 aromatic rings. The van der Waals surface area contributed by atoms with Crippen LogP contribution in [-0.4, -0.2) is 21.9 Å². The van der Waals surface area contributed by atoms with Gasteiger partial charge in [-0.25, -0.2) is 9.97 Å². The van der Waals surface area contributed by atoms with E-state index in [0.29, 0.717) is 15.6 Å². The number of rotatable bonds is 2. The quantitative estimate of drug-likeness (QED) is 0.800. The van der Waals surface area contributed by atoms with Crippen molar-refractivity contribution in [3.05, 3.63) is 33.6 Å².